The molecule has 1 N–H and O–H groups in total. The Labute approximate surface area is 386 Å². The average Bonchev–Trinajstić information content (AvgIpc) is 3.28. The Morgan fingerprint density at radius 2 is 0.645 bits per heavy atom. The van der Waals surface area contributed by atoms with Crippen LogP contribution in [0.3, 0.4) is 0 Å². The molecule has 0 saturated carbocycles. The Morgan fingerprint density at radius 3 is 0.968 bits per heavy atom. The van der Waals surface area contributed by atoms with E-state index < -0.39 is 6.10 Å². The highest BCUT2D eigenvalue weighted by atomic mass is 16.6. The number of allylic oxidation sites excluding steroid dienone is 6. The van der Waals surface area contributed by atoms with Crippen molar-refractivity contribution in [3.8, 4) is 0 Å². The molecule has 1 unspecified atom stereocenters. The van der Waals surface area contributed by atoms with Crippen LogP contribution in [-0.2, 0) is 19.1 Å². The summed E-state index contributed by atoms with van der Waals surface area (Å²) in [7, 11) is 0. The summed E-state index contributed by atoms with van der Waals surface area (Å²) in [5.74, 6) is -0.575. The van der Waals surface area contributed by atoms with Gasteiger partial charge in [-0.15, -0.1) is 0 Å². The van der Waals surface area contributed by atoms with Crippen LogP contribution < -0.4 is 0 Å². The van der Waals surface area contributed by atoms with E-state index >= 15 is 0 Å². The van der Waals surface area contributed by atoms with Crippen LogP contribution in [0, 0.1) is 0 Å². The molecule has 5 nitrogen and oxygen atoms in total. The van der Waals surface area contributed by atoms with Gasteiger partial charge in [0.25, 0.3) is 0 Å². The SMILES string of the molecule is CCCCCCC/C=C\C/C=C\C/C=C\CCCCCCCCCCCCCCCCC(=O)OC(CO)COC(=O)CCCCCCCCCCCCCCCCCCCCC. The molecule has 1 atom stereocenters. The molecule has 5 heteroatoms. The summed E-state index contributed by atoms with van der Waals surface area (Å²) in [5, 5.41) is 9.64. The van der Waals surface area contributed by atoms with Gasteiger partial charge in [-0.3, -0.25) is 9.59 Å². The minimum absolute atomic E-state index is 0.0609. The molecule has 0 aromatic carbocycles. The zero-order valence-electron chi connectivity index (χ0n) is 41.6. The van der Waals surface area contributed by atoms with Crippen LogP contribution in [0.1, 0.15) is 296 Å². The number of unbranched alkanes of at least 4 members (excludes halogenated alkanes) is 37. The van der Waals surface area contributed by atoms with E-state index in [2.05, 4.69) is 50.3 Å². The summed E-state index contributed by atoms with van der Waals surface area (Å²) in [6, 6.07) is 0. The van der Waals surface area contributed by atoms with Gasteiger partial charge in [0.05, 0.1) is 6.61 Å². The number of carbonyl (C=O) groups is 2. The second-order valence-electron chi connectivity index (χ2n) is 18.7. The molecule has 0 aliphatic rings. The van der Waals surface area contributed by atoms with Crippen molar-refractivity contribution in [2.75, 3.05) is 13.2 Å². The molecule has 0 heterocycles. The summed E-state index contributed by atoms with van der Waals surface area (Å²) in [6.07, 6.45) is 68.2. The van der Waals surface area contributed by atoms with Crippen LogP contribution in [0.15, 0.2) is 36.5 Å². The number of aliphatic hydroxyl groups is 1. The van der Waals surface area contributed by atoms with E-state index in [9.17, 15) is 14.7 Å². The Bertz CT molecular complexity index is 986. The summed E-state index contributed by atoms with van der Waals surface area (Å²) in [4.78, 5) is 24.5. The Morgan fingerprint density at radius 1 is 0.371 bits per heavy atom. The lowest BCUT2D eigenvalue weighted by molar-refractivity contribution is -0.161. The van der Waals surface area contributed by atoms with Gasteiger partial charge in [0, 0.05) is 12.8 Å². The van der Waals surface area contributed by atoms with Gasteiger partial charge in [0.2, 0.25) is 0 Å². The third kappa shape index (κ3) is 50.8. The molecule has 0 aliphatic carbocycles. The van der Waals surface area contributed by atoms with Crippen LogP contribution >= 0.6 is 0 Å². The highest BCUT2D eigenvalue weighted by Crippen LogP contribution is 2.17. The second kappa shape index (κ2) is 53.5. The Balaban J connectivity index is 3.45. The van der Waals surface area contributed by atoms with Crippen molar-refractivity contribution in [1.29, 1.82) is 0 Å². The molecule has 0 aliphatic heterocycles. The number of carbonyl (C=O) groups excluding carboxylic acids is 2. The van der Waals surface area contributed by atoms with E-state index in [1.807, 2.05) is 0 Å². The van der Waals surface area contributed by atoms with Crippen molar-refractivity contribution in [3.63, 3.8) is 0 Å². The molecular formula is C57H106O5. The molecule has 62 heavy (non-hydrogen) atoms. The van der Waals surface area contributed by atoms with Crippen molar-refractivity contribution in [3.05, 3.63) is 36.5 Å². The van der Waals surface area contributed by atoms with Gasteiger partial charge in [-0.2, -0.15) is 0 Å². The lowest BCUT2D eigenvalue weighted by Gasteiger charge is -2.15. The van der Waals surface area contributed by atoms with E-state index in [-0.39, 0.29) is 25.2 Å². The quantitative estimate of drug-likeness (QED) is 0.0374. The fraction of sp³-hybridized carbons (Fsp3) is 0.860. The summed E-state index contributed by atoms with van der Waals surface area (Å²) >= 11 is 0. The van der Waals surface area contributed by atoms with Gasteiger partial charge in [-0.05, 0) is 51.4 Å². The first kappa shape index (κ1) is 60.1. The van der Waals surface area contributed by atoms with Crippen molar-refractivity contribution < 1.29 is 24.2 Å². The van der Waals surface area contributed by atoms with Crippen molar-refractivity contribution in [2.24, 2.45) is 0 Å². The molecule has 0 spiro atoms. The first-order chi connectivity index (χ1) is 30.6. The van der Waals surface area contributed by atoms with Crippen LogP contribution in [0.5, 0.6) is 0 Å². The maximum absolute atomic E-state index is 12.3. The van der Waals surface area contributed by atoms with Gasteiger partial charge in [0.1, 0.15) is 6.61 Å². The van der Waals surface area contributed by atoms with Crippen molar-refractivity contribution >= 4 is 11.9 Å². The zero-order chi connectivity index (χ0) is 44.9. The largest absolute Gasteiger partial charge is 0.462 e. The van der Waals surface area contributed by atoms with Crippen LogP contribution in [0.4, 0.5) is 0 Å². The van der Waals surface area contributed by atoms with E-state index in [1.54, 1.807) is 0 Å². The number of esters is 2. The predicted octanol–water partition coefficient (Wildman–Crippen LogP) is 18.3. The molecule has 0 aromatic rings. The van der Waals surface area contributed by atoms with Crippen LogP contribution in [-0.4, -0.2) is 36.4 Å². The normalized spacial score (nSPS) is 12.4. The summed E-state index contributed by atoms with van der Waals surface area (Å²) in [6.45, 7) is 4.17. The maximum atomic E-state index is 12.3. The summed E-state index contributed by atoms with van der Waals surface area (Å²) in [5.41, 5.74) is 0. The van der Waals surface area contributed by atoms with Gasteiger partial charge in [-0.25, -0.2) is 0 Å². The second-order valence-corrected chi connectivity index (χ2v) is 18.7. The maximum Gasteiger partial charge on any atom is 0.306 e. The molecule has 0 rings (SSSR count). The van der Waals surface area contributed by atoms with E-state index in [0.717, 1.165) is 44.9 Å². The van der Waals surface area contributed by atoms with Gasteiger partial charge in [-0.1, -0.05) is 269 Å². The number of ether oxygens (including phenoxy) is 2. The topological polar surface area (TPSA) is 72.8 Å². The number of hydrogen-bond donors (Lipinski definition) is 1. The highest BCUT2D eigenvalue weighted by Gasteiger charge is 2.16. The molecule has 0 radical (unpaired) electrons. The van der Waals surface area contributed by atoms with Gasteiger partial charge >= 0.3 is 11.9 Å². The first-order valence-electron chi connectivity index (χ1n) is 27.5. The first-order valence-corrected chi connectivity index (χ1v) is 27.5. The molecule has 0 fully saturated rings. The zero-order valence-corrected chi connectivity index (χ0v) is 41.6. The standard InChI is InChI=1S/C57H106O5/c1-3-5-7-9-11-13-15-17-19-21-23-24-25-26-27-28-29-30-31-32-34-36-38-40-42-44-46-48-50-52-57(60)62-55(53-58)54-61-56(59)51-49-47-45-43-41-39-37-35-33-22-20-18-16-14-12-10-8-6-4-2/h15,17,21,23,25-26,55,58H,3-14,16,18-20,22,24,27-54H2,1-2H3/b17-15-,23-21-,26-25-. The molecule has 0 saturated heterocycles. The highest BCUT2D eigenvalue weighted by molar-refractivity contribution is 5.70. The Hall–Kier alpha value is -1.88. The van der Waals surface area contributed by atoms with E-state index in [4.69, 9.17) is 9.47 Å². The fourth-order valence-electron chi connectivity index (χ4n) is 8.27. The van der Waals surface area contributed by atoms with Crippen LogP contribution in [0.25, 0.3) is 0 Å². The predicted molar refractivity (Wildman–Crippen MR) is 270 cm³/mol. The number of aliphatic hydroxyl groups excluding tert-OH is 1. The molecule has 0 bridgehead atoms. The fourth-order valence-corrected chi connectivity index (χ4v) is 8.27. The number of hydrogen-bond acceptors (Lipinski definition) is 5. The minimum Gasteiger partial charge on any atom is -0.462 e. The Kier molecular flexibility index (Phi) is 51.8. The third-order valence-corrected chi connectivity index (χ3v) is 12.4. The number of rotatable bonds is 51. The van der Waals surface area contributed by atoms with E-state index in [1.165, 1.54) is 225 Å². The minimum atomic E-state index is -0.769. The molecule has 0 amide bonds. The molecule has 0 aromatic heterocycles. The van der Waals surface area contributed by atoms with Gasteiger partial charge in [0.15, 0.2) is 6.10 Å². The smallest absolute Gasteiger partial charge is 0.306 e. The lowest BCUT2D eigenvalue weighted by atomic mass is 10.0. The van der Waals surface area contributed by atoms with Gasteiger partial charge < -0.3 is 14.6 Å². The van der Waals surface area contributed by atoms with Crippen molar-refractivity contribution in [2.45, 2.75) is 302 Å². The van der Waals surface area contributed by atoms with Crippen LogP contribution in [0.2, 0.25) is 0 Å². The monoisotopic (exact) mass is 871 g/mol. The van der Waals surface area contributed by atoms with E-state index in [0.29, 0.717) is 12.8 Å². The lowest BCUT2D eigenvalue weighted by Crippen LogP contribution is -2.28. The third-order valence-electron chi connectivity index (χ3n) is 12.4. The molecule has 364 valence electrons. The summed E-state index contributed by atoms with van der Waals surface area (Å²) < 4.78 is 10.7. The average molecular weight is 871 g/mol. The molecular weight excluding hydrogens is 765 g/mol. The van der Waals surface area contributed by atoms with Crippen molar-refractivity contribution in [1.82, 2.24) is 0 Å².